The largest absolute Gasteiger partial charge is 0.467 e. The number of rotatable bonds is 5. The second-order valence-corrected chi connectivity index (χ2v) is 5.02. The molecule has 0 aliphatic rings. The molecule has 102 valence electrons. The van der Waals surface area contributed by atoms with Gasteiger partial charge in [-0.1, -0.05) is 23.8 Å². The van der Waals surface area contributed by atoms with Gasteiger partial charge in [0.15, 0.2) is 0 Å². The monoisotopic (exact) mass is 259 g/mol. The first kappa shape index (κ1) is 13.8. The number of aliphatic hydroxyl groups is 1. The minimum absolute atomic E-state index is 0.199. The summed E-state index contributed by atoms with van der Waals surface area (Å²) in [5.41, 5.74) is 3.80. The van der Waals surface area contributed by atoms with Crippen LogP contribution < -0.4 is 5.32 Å². The van der Waals surface area contributed by atoms with Crippen molar-refractivity contribution < 1.29 is 9.52 Å². The van der Waals surface area contributed by atoms with Crippen molar-refractivity contribution in [3.8, 4) is 0 Å². The van der Waals surface area contributed by atoms with E-state index in [1.54, 1.807) is 18.4 Å². The van der Waals surface area contributed by atoms with Crippen molar-refractivity contribution in [3.63, 3.8) is 0 Å². The van der Waals surface area contributed by atoms with Gasteiger partial charge in [-0.05, 0) is 44.0 Å². The lowest BCUT2D eigenvalue weighted by atomic mass is 10.00. The van der Waals surface area contributed by atoms with Crippen molar-refractivity contribution in [2.75, 3.05) is 6.54 Å². The van der Waals surface area contributed by atoms with Crippen LogP contribution in [0.4, 0.5) is 0 Å². The van der Waals surface area contributed by atoms with Crippen molar-refractivity contribution in [1.29, 1.82) is 0 Å². The fraction of sp³-hybridized carbons (Fsp3) is 0.375. The molecule has 2 unspecified atom stereocenters. The van der Waals surface area contributed by atoms with Gasteiger partial charge in [-0.3, -0.25) is 0 Å². The van der Waals surface area contributed by atoms with E-state index in [0.29, 0.717) is 12.3 Å². The minimum Gasteiger partial charge on any atom is -0.467 e. The molecule has 2 N–H and O–H groups in total. The molecule has 0 aliphatic carbocycles. The average molecular weight is 259 g/mol. The SMILES string of the molecule is Cc1ccc(C(C)NCC(O)c2ccco2)c(C)c1. The maximum Gasteiger partial charge on any atom is 0.133 e. The molecule has 2 atom stereocenters. The van der Waals surface area contributed by atoms with Gasteiger partial charge in [0.2, 0.25) is 0 Å². The van der Waals surface area contributed by atoms with E-state index in [2.05, 4.69) is 44.3 Å². The van der Waals surface area contributed by atoms with Crippen LogP contribution in [0.3, 0.4) is 0 Å². The topological polar surface area (TPSA) is 45.4 Å². The van der Waals surface area contributed by atoms with E-state index >= 15 is 0 Å². The first-order valence-corrected chi connectivity index (χ1v) is 6.60. The Morgan fingerprint density at radius 1 is 1.26 bits per heavy atom. The molecule has 0 aliphatic heterocycles. The smallest absolute Gasteiger partial charge is 0.133 e. The number of aliphatic hydroxyl groups excluding tert-OH is 1. The van der Waals surface area contributed by atoms with Crippen LogP contribution in [0.25, 0.3) is 0 Å². The van der Waals surface area contributed by atoms with Crippen molar-refractivity contribution in [2.45, 2.75) is 32.9 Å². The maximum absolute atomic E-state index is 9.96. The summed E-state index contributed by atoms with van der Waals surface area (Å²) >= 11 is 0. The minimum atomic E-state index is -0.608. The van der Waals surface area contributed by atoms with Crippen LogP contribution in [0, 0.1) is 13.8 Å². The van der Waals surface area contributed by atoms with Gasteiger partial charge < -0.3 is 14.8 Å². The molecule has 0 saturated heterocycles. The van der Waals surface area contributed by atoms with Gasteiger partial charge in [0.1, 0.15) is 11.9 Å². The number of hydrogen-bond donors (Lipinski definition) is 2. The fourth-order valence-corrected chi connectivity index (χ4v) is 2.29. The lowest BCUT2D eigenvalue weighted by Gasteiger charge is -2.18. The van der Waals surface area contributed by atoms with Crippen molar-refractivity contribution >= 4 is 0 Å². The normalized spacial score (nSPS) is 14.3. The average Bonchev–Trinajstić information content (AvgIpc) is 2.89. The van der Waals surface area contributed by atoms with Crippen LogP contribution >= 0.6 is 0 Å². The highest BCUT2D eigenvalue weighted by molar-refractivity contribution is 5.32. The molecule has 0 amide bonds. The van der Waals surface area contributed by atoms with Crippen LogP contribution in [0.5, 0.6) is 0 Å². The standard InChI is InChI=1S/C16H21NO2/c1-11-6-7-14(12(2)9-11)13(3)17-10-15(18)16-5-4-8-19-16/h4-9,13,15,17-18H,10H2,1-3H3. The molecule has 0 bridgehead atoms. The fourth-order valence-electron chi connectivity index (χ4n) is 2.29. The van der Waals surface area contributed by atoms with Gasteiger partial charge in [0.25, 0.3) is 0 Å². The summed E-state index contributed by atoms with van der Waals surface area (Å²) in [6, 6.07) is 10.2. The molecular weight excluding hydrogens is 238 g/mol. The highest BCUT2D eigenvalue weighted by atomic mass is 16.4. The van der Waals surface area contributed by atoms with E-state index in [4.69, 9.17) is 4.42 Å². The number of aryl methyl sites for hydroxylation is 2. The Morgan fingerprint density at radius 3 is 2.68 bits per heavy atom. The van der Waals surface area contributed by atoms with Crippen LogP contribution in [-0.4, -0.2) is 11.7 Å². The molecule has 0 radical (unpaired) electrons. The van der Waals surface area contributed by atoms with Gasteiger partial charge in [-0.25, -0.2) is 0 Å². The zero-order chi connectivity index (χ0) is 13.8. The molecule has 2 rings (SSSR count). The van der Waals surface area contributed by atoms with E-state index in [-0.39, 0.29) is 6.04 Å². The van der Waals surface area contributed by atoms with E-state index in [1.807, 2.05) is 0 Å². The Labute approximate surface area is 114 Å². The third-order valence-corrected chi connectivity index (χ3v) is 3.38. The molecular formula is C16H21NO2. The van der Waals surface area contributed by atoms with Gasteiger partial charge in [0.05, 0.1) is 6.26 Å². The number of furan rings is 1. The predicted octanol–water partition coefficient (Wildman–Crippen LogP) is 3.28. The predicted molar refractivity (Wildman–Crippen MR) is 76.0 cm³/mol. The molecule has 3 nitrogen and oxygen atoms in total. The van der Waals surface area contributed by atoms with Crippen molar-refractivity contribution in [2.24, 2.45) is 0 Å². The van der Waals surface area contributed by atoms with Gasteiger partial charge >= 0.3 is 0 Å². The Kier molecular flexibility index (Phi) is 4.40. The molecule has 0 fully saturated rings. The van der Waals surface area contributed by atoms with Gasteiger partial charge in [-0.15, -0.1) is 0 Å². The van der Waals surface area contributed by atoms with Gasteiger partial charge in [0, 0.05) is 12.6 Å². The Bertz CT molecular complexity index is 520. The quantitative estimate of drug-likeness (QED) is 0.866. The van der Waals surface area contributed by atoms with E-state index < -0.39 is 6.10 Å². The van der Waals surface area contributed by atoms with Crippen LogP contribution in [0.2, 0.25) is 0 Å². The zero-order valence-electron chi connectivity index (χ0n) is 11.7. The molecule has 2 aromatic rings. The first-order chi connectivity index (χ1) is 9.08. The van der Waals surface area contributed by atoms with E-state index in [1.165, 1.54) is 16.7 Å². The Balaban J connectivity index is 1.96. The van der Waals surface area contributed by atoms with E-state index in [9.17, 15) is 5.11 Å². The summed E-state index contributed by atoms with van der Waals surface area (Å²) in [6.07, 6.45) is 0.967. The second-order valence-electron chi connectivity index (χ2n) is 5.02. The van der Waals surface area contributed by atoms with Gasteiger partial charge in [-0.2, -0.15) is 0 Å². The second kappa shape index (κ2) is 6.04. The Hall–Kier alpha value is -1.58. The van der Waals surface area contributed by atoms with Crippen LogP contribution in [-0.2, 0) is 0 Å². The highest BCUT2D eigenvalue weighted by Gasteiger charge is 2.13. The van der Waals surface area contributed by atoms with Crippen molar-refractivity contribution in [3.05, 3.63) is 59.0 Å². The summed E-state index contributed by atoms with van der Waals surface area (Å²) in [7, 11) is 0. The maximum atomic E-state index is 9.96. The summed E-state index contributed by atoms with van der Waals surface area (Å²) in [6.45, 7) is 6.79. The molecule has 0 saturated carbocycles. The molecule has 1 heterocycles. The third kappa shape index (κ3) is 3.46. The zero-order valence-corrected chi connectivity index (χ0v) is 11.7. The molecule has 0 spiro atoms. The number of hydrogen-bond acceptors (Lipinski definition) is 3. The highest BCUT2D eigenvalue weighted by Crippen LogP contribution is 2.20. The number of benzene rings is 1. The van der Waals surface area contributed by atoms with Crippen LogP contribution in [0.1, 0.15) is 41.5 Å². The summed E-state index contributed by atoms with van der Waals surface area (Å²) in [4.78, 5) is 0. The molecule has 3 heteroatoms. The third-order valence-electron chi connectivity index (χ3n) is 3.38. The summed E-state index contributed by atoms with van der Waals surface area (Å²) in [5, 5.41) is 13.3. The summed E-state index contributed by atoms with van der Waals surface area (Å²) in [5.74, 6) is 0.598. The Morgan fingerprint density at radius 2 is 2.05 bits per heavy atom. The summed E-state index contributed by atoms with van der Waals surface area (Å²) < 4.78 is 5.18. The van der Waals surface area contributed by atoms with Crippen molar-refractivity contribution in [1.82, 2.24) is 5.32 Å². The molecule has 1 aromatic carbocycles. The number of nitrogens with one attached hydrogen (secondary N) is 1. The lowest BCUT2D eigenvalue weighted by molar-refractivity contribution is 0.144. The van der Waals surface area contributed by atoms with E-state index in [0.717, 1.165) is 0 Å². The molecule has 19 heavy (non-hydrogen) atoms. The molecule has 1 aromatic heterocycles. The first-order valence-electron chi connectivity index (χ1n) is 6.60. The van der Waals surface area contributed by atoms with Crippen LogP contribution in [0.15, 0.2) is 41.0 Å². The lowest BCUT2D eigenvalue weighted by Crippen LogP contribution is -2.25.